The van der Waals surface area contributed by atoms with E-state index in [1.54, 1.807) is 35.9 Å². The Morgan fingerprint density at radius 2 is 1.59 bits per heavy atom. The van der Waals surface area contributed by atoms with Crippen LogP contribution in [0.25, 0.3) is 5.69 Å². The monoisotopic (exact) mass is 539 g/mol. The number of nitrogens with two attached hydrogens (primary N) is 3. The van der Waals surface area contributed by atoms with Crippen LogP contribution in [-0.2, 0) is 11.3 Å². The second-order valence-electron chi connectivity index (χ2n) is 11.4. The average molecular weight is 540 g/mol. The first kappa shape index (κ1) is 28.7. The van der Waals surface area contributed by atoms with E-state index >= 15 is 0 Å². The number of piperazine rings is 1. The third kappa shape index (κ3) is 7.21. The Morgan fingerprint density at radius 3 is 2.15 bits per heavy atom. The summed E-state index contributed by atoms with van der Waals surface area (Å²) in [7, 11) is 2.09. The molecule has 2 unspecified atom stereocenters. The standard InChI is InChI=1S/C27H41N9O3/c1-27(2,30)24(37)34-10-12-35(13-11-34)25(38)31-23-8-9-36(26(39)32-23)21-6-4-18(5-7-21)17-33(3)22-15-19(28)14-20(29)16-22/h4-9,19-20,22H,10-17,28-30H2,1-3H3,(H,31,32,38,39). The highest BCUT2D eigenvalue weighted by atomic mass is 16.2. The number of aromatic nitrogens is 2. The highest BCUT2D eigenvalue weighted by Crippen LogP contribution is 2.22. The zero-order chi connectivity index (χ0) is 28.3. The molecule has 0 bridgehead atoms. The minimum absolute atomic E-state index is 0.139. The van der Waals surface area contributed by atoms with E-state index in [2.05, 4.69) is 22.2 Å². The molecule has 1 saturated carbocycles. The number of amides is 3. The maximum atomic E-state index is 12.7. The Morgan fingerprint density at radius 1 is 1.00 bits per heavy atom. The van der Waals surface area contributed by atoms with Gasteiger partial charge in [-0.3, -0.25) is 19.6 Å². The fourth-order valence-corrected chi connectivity index (χ4v) is 5.29. The number of carbonyl (C=O) groups excluding carboxylic acids is 2. The number of hydrogen-bond acceptors (Lipinski definition) is 8. The molecule has 3 amide bonds. The predicted molar refractivity (Wildman–Crippen MR) is 150 cm³/mol. The van der Waals surface area contributed by atoms with Gasteiger partial charge in [-0.15, -0.1) is 0 Å². The van der Waals surface area contributed by atoms with Gasteiger partial charge >= 0.3 is 11.7 Å². The van der Waals surface area contributed by atoms with Gasteiger partial charge in [-0.25, -0.2) is 9.59 Å². The predicted octanol–water partition coefficient (Wildman–Crippen LogP) is 0.285. The summed E-state index contributed by atoms with van der Waals surface area (Å²) in [6.07, 6.45) is 4.34. The zero-order valence-electron chi connectivity index (χ0n) is 23.0. The summed E-state index contributed by atoms with van der Waals surface area (Å²) in [5.74, 6) is 0.0246. The van der Waals surface area contributed by atoms with Gasteiger partial charge in [0.05, 0.1) is 11.2 Å². The Bertz CT molecular complexity index is 1210. The molecule has 2 fully saturated rings. The van der Waals surface area contributed by atoms with Crippen LogP contribution in [0.3, 0.4) is 0 Å². The van der Waals surface area contributed by atoms with Crippen molar-refractivity contribution in [3.63, 3.8) is 0 Å². The van der Waals surface area contributed by atoms with Gasteiger partial charge in [-0.2, -0.15) is 4.98 Å². The van der Waals surface area contributed by atoms with Crippen molar-refractivity contribution in [2.24, 2.45) is 17.2 Å². The fourth-order valence-electron chi connectivity index (χ4n) is 5.29. The lowest BCUT2D eigenvalue weighted by atomic mass is 9.87. The minimum atomic E-state index is -0.951. The van der Waals surface area contributed by atoms with E-state index in [9.17, 15) is 14.4 Å². The molecule has 2 aromatic rings. The number of anilines is 1. The van der Waals surface area contributed by atoms with E-state index in [0.717, 1.165) is 31.4 Å². The highest BCUT2D eigenvalue weighted by Gasteiger charge is 2.31. The summed E-state index contributed by atoms with van der Waals surface area (Å²) in [6.45, 7) is 5.62. The average Bonchev–Trinajstić information content (AvgIpc) is 2.88. The topological polar surface area (TPSA) is 169 Å². The first-order chi connectivity index (χ1) is 18.4. The van der Waals surface area contributed by atoms with Gasteiger partial charge in [-0.1, -0.05) is 12.1 Å². The maximum absolute atomic E-state index is 12.7. The molecule has 1 aliphatic heterocycles. The van der Waals surface area contributed by atoms with Gasteiger partial charge < -0.3 is 27.0 Å². The summed E-state index contributed by atoms with van der Waals surface area (Å²) < 4.78 is 1.43. The molecule has 7 N–H and O–H groups in total. The summed E-state index contributed by atoms with van der Waals surface area (Å²) in [6, 6.07) is 9.60. The molecule has 1 aromatic heterocycles. The van der Waals surface area contributed by atoms with Crippen LogP contribution < -0.4 is 28.2 Å². The van der Waals surface area contributed by atoms with E-state index in [1.165, 1.54) is 4.57 Å². The third-order valence-electron chi connectivity index (χ3n) is 7.47. The summed E-state index contributed by atoms with van der Waals surface area (Å²) in [4.78, 5) is 47.4. The van der Waals surface area contributed by atoms with Crippen molar-refractivity contribution < 1.29 is 9.59 Å². The minimum Gasteiger partial charge on any atom is -0.338 e. The van der Waals surface area contributed by atoms with E-state index in [0.29, 0.717) is 37.9 Å². The van der Waals surface area contributed by atoms with Crippen molar-refractivity contribution in [3.05, 3.63) is 52.6 Å². The Kier molecular flexibility index (Phi) is 8.70. The molecule has 2 atom stereocenters. The van der Waals surface area contributed by atoms with Gasteiger partial charge in [0.2, 0.25) is 5.91 Å². The number of hydrogen-bond donors (Lipinski definition) is 4. The normalized spacial score (nSPS) is 22.2. The van der Waals surface area contributed by atoms with Gasteiger partial charge in [0.15, 0.2) is 0 Å². The van der Waals surface area contributed by atoms with Crippen LogP contribution in [0.1, 0.15) is 38.7 Å². The lowest BCUT2D eigenvalue weighted by Gasteiger charge is -2.37. The van der Waals surface area contributed by atoms with Crippen molar-refractivity contribution in [2.45, 2.75) is 63.3 Å². The van der Waals surface area contributed by atoms with E-state index in [1.807, 2.05) is 24.3 Å². The Labute approximate surface area is 229 Å². The van der Waals surface area contributed by atoms with E-state index in [-0.39, 0.29) is 29.8 Å². The summed E-state index contributed by atoms with van der Waals surface area (Å²) in [5.41, 5.74) is 18.6. The first-order valence-electron chi connectivity index (χ1n) is 13.5. The van der Waals surface area contributed by atoms with Crippen LogP contribution >= 0.6 is 0 Å². The smallest absolute Gasteiger partial charge is 0.338 e. The van der Waals surface area contributed by atoms with Crippen LogP contribution in [0.15, 0.2) is 41.3 Å². The van der Waals surface area contributed by atoms with E-state index in [4.69, 9.17) is 17.2 Å². The second-order valence-corrected chi connectivity index (χ2v) is 11.4. The van der Waals surface area contributed by atoms with Crippen LogP contribution in [-0.4, -0.2) is 93.1 Å². The maximum Gasteiger partial charge on any atom is 0.354 e. The number of carbonyl (C=O) groups is 2. The number of rotatable bonds is 6. The lowest BCUT2D eigenvalue weighted by Crippen LogP contribution is -2.58. The largest absolute Gasteiger partial charge is 0.354 e. The molecule has 2 aliphatic rings. The molecular weight excluding hydrogens is 498 g/mol. The van der Waals surface area contributed by atoms with Crippen molar-refractivity contribution in [1.82, 2.24) is 24.3 Å². The number of nitrogens with one attached hydrogen (secondary N) is 1. The molecule has 1 aromatic carbocycles. The van der Waals surface area contributed by atoms with E-state index < -0.39 is 11.2 Å². The van der Waals surface area contributed by atoms with Gasteiger partial charge in [0.1, 0.15) is 5.82 Å². The van der Waals surface area contributed by atoms with Crippen LogP contribution in [0, 0.1) is 0 Å². The van der Waals surface area contributed by atoms with Crippen LogP contribution in [0.4, 0.5) is 10.6 Å². The summed E-state index contributed by atoms with van der Waals surface area (Å²) >= 11 is 0. The third-order valence-corrected chi connectivity index (χ3v) is 7.47. The zero-order valence-corrected chi connectivity index (χ0v) is 23.0. The number of benzene rings is 1. The molecule has 0 radical (unpaired) electrons. The molecule has 12 nitrogen and oxygen atoms in total. The Balaban J connectivity index is 1.32. The summed E-state index contributed by atoms with van der Waals surface area (Å²) in [5, 5.41) is 2.68. The van der Waals surface area contributed by atoms with Crippen molar-refractivity contribution in [3.8, 4) is 5.69 Å². The van der Waals surface area contributed by atoms with Crippen molar-refractivity contribution in [1.29, 1.82) is 0 Å². The molecular formula is C27H41N9O3. The quantitative estimate of drug-likeness (QED) is 0.406. The first-order valence-corrected chi connectivity index (χ1v) is 13.5. The fraction of sp³-hybridized carbons (Fsp3) is 0.556. The molecule has 4 rings (SSSR count). The molecule has 12 heteroatoms. The molecule has 1 saturated heterocycles. The molecule has 2 heterocycles. The van der Waals surface area contributed by atoms with Crippen LogP contribution in [0.5, 0.6) is 0 Å². The van der Waals surface area contributed by atoms with Crippen molar-refractivity contribution >= 4 is 17.8 Å². The number of nitrogens with zero attached hydrogens (tertiary/aromatic N) is 5. The molecule has 0 spiro atoms. The van der Waals surface area contributed by atoms with Crippen molar-refractivity contribution in [2.75, 3.05) is 38.5 Å². The van der Waals surface area contributed by atoms with Crippen LogP contribution in [0.2, 0.25) is 0 Å². The molecule has 39 heavy (non-hydrogen) atoms. The van der Waals surface area contributed by atoms with Gasteiger partial charge in [0, 0.05) is 57.0 Å². The lowest BCUT2D eigenvalue weighted by molar-refractivity contribution is -0.137. The molecule has 212 valence electrons. The molecule has 1 aliphatic carbocycles. The second kappa shape index (κ2) is 11.8. The van der Waals surface area contributed by atoms with Gasteiger partial charge in [-0.05, 0) is 63.9 Å². The van der Waals surface area contributed by atoms with Gasteiger partial charge in [0.25, 0.3) is 0 Å². The highest BCUT2D eigenvalue weighted by molar-refractivity contribution is 5.89. The SMILES string of the molecule is CN(Cc1ccc(-n2ccc(NC(=O)N3CCN(C(=O)C(C)(C)N)CC3)nc2=O)cc1)C1CC(N)CC(N)C1. The number of urea groups is 1. The Hall–Kier alpha value is -3.32.